The van der Waals surface area contributed by atoms with Gasteiger partial charge in [-0.05, 0) is 44.7 Å². The fourth-order valence-corrected chi connectivity index (χ4v) is 3.64. The molecule has 2 atom stereocenters. The minimum Gasteiger partial charge on any atom is -0.379 e. The van der Waals surface area contributed by atoms with Gasteiger partial charge in [-0.2, -0.15) is 0 Å². The minimum absolute atomic E-state index is 0.350. The standard InChI is InChI=1S/C15H21ClN2O/c1-3-19-13-8-12(15(13)5-4-6-15)18-11-7-10(2)9-17-14(11)16/h7,9,12-13,18H,3-6,8H2,1-2H3. The molecule has 4 heteroatoms. The molecule has 0 bridgehead atoms. The van der Waals surface area contributed by atoms with Crippen LogP contribution in [0, 0.1) is 12.3 Å². The number of aromatic nitrogens is 1. The van der Waals surface area contributed by atoms with Gasteiger partial charge in [0, 0.05) is 24.3 Å². The molecular formula is C15H21ClN2O. The van der Waals surface area contributed by atoms with E-state index in [1.807, 2.05) is 6.92 Å². The predicted molar refractivity (Wildman–Crippen MR) is 77.7 cm³/mol. The highest BCUT2D eigenvalue weighted by molar-refractivity contribution is 6.32. The van der Waals surface area contributed by atoms with Crippen molar-refractivity contribution in [2.45, 2.75) is 51.7 Å². The van der Waals surface area contributed by atoms with Crippen LogP contribution in [-0.2, 0) is 4.74 Å². The van der Waals surface area contributed by atoms with Crippen LogP contribution in [0.5, 0.6) is 0 Å². The van der Waals surface area contributed by atoms with Crippen LogP contribution in [0.4, 0.5) is 5.69 Å². The summed E-state index contributed by atoms with van der Waals surface area (Å²) in [5, 5.41) is 4.16. The molecule has 0 amide bonds. The van der Waals surface area contributed by atoms with Crippen LogP contribution >= 0.6 is 11.6 Å². The van der Waals surface area contributed by atoms with Gasteiger partial charge in [0.25, 0.3) is 0 Å². The van der Waals surface area contributed by atoms with Crippen molar-refractivity contribution in [2.75, 3.05) is 11.9 Å². The van der Waals surface area contributed by atoms with E-state index in [4.69, 9.17) is 16.3 Å². The number of hydrogen-bond donors (Lipinski definition) is 1. The summed E-state index contributed by atoms with van der Waals surface area (Å²) in [4.78, 5) is 4.21. The van der Waals surface area contributed by atoms with Gasteiger partial charge in [-0.25, -0.2) is 4.98 Å². The highest BCUT2D eigenvalue weighted by atomic mass is 35.5. The van der Waals surface area contributed by atoms with Gasteiger partial charge in [-0.3, -0.25) is 0 Å². The van der Waals surface area contributed by atoms with E-state index in [0.29, 0.717) is 22.7 Å². The number of nitrogens with one attached hydrogen (secondary N) is 1. The summed E-state index contributed by atoms with van der Waals surface area (Å²) in [6, 6.07) is 2.56. The van der Waals surface area contributed by atoms with Gasteiger partial charge in [-0.1, -0.05) is 18.0 Å². The molecule has 1 aromatic rings. The average molecular weight is 281 g/mol. The van der Waals surface area contributed by atoms with Gasteiger partial charge in [0.15, 0.2) is 5.15 Å². The van der Waals surface area contributed by atoms with Crippen molar-refractivity contribution >= 4 is 17.3 Å². The normalized spacial score (nSPS) is 27.7. The van der Waals surface area contributed by atoms with Gasteiger partial charge in [-0.15, -0.1) is 0 Å². The van der Waals surface area contributed by atoms with Crippen LogP contribution < -0.4 is 5.32 Å². The van der Waals surface area contributed by atoms with Crippen LogP contribution in [0.1, 0.15) is 38.2 Å². The summed E-state index contributed by atoms with van der Waals surface area (Å²) in [6.45, 7) is 4.93. The van der Waals surface area contributed by atoms with Crippen molar-refractivity contribution in [1.29, 1.82) is 0 Å². The smallest absolute Gasteiger partial charge is 0.152 e. The Labute approximate surface area is 119 Å². The van der Waals surface area contributed by atoms with E-state index in [0.717, 1.165) is 24.3 Å². The third-order valence-corrected chi connectivity index (χ3v) is 5.04. The van der Waals surface area contributed by atoms with E-state index in [9.17, 15) is 0 Å². The van der Waals surface area contributed by atoms with Crippen molar-refractivity contribution in [3.8, 4) is 0 Å². The topological polar surface area (TPSA) is 34.1 Å². The molecule has 0 saturated heterocycles. The molecule has 1 N–H and O–H groups in total. The van der Waals surface area contributed by atoms with E-state index in [-0.39, 0.29) is 0 Å². The fraction of sp³-hybridized carbons (Fsp3) is 0.667. The van der Waals surface area contributed by atoms with E-state index >= 15 is 0 Å². The number of ether oxygens (including phenoxy) is 1. The second-order valence-electron chi connectivity index (χ2n) is 5.81. The van der Waals surface area contributed by atoms with Crippen LogP contribution in [0.2, 0.25) is 5.15 Å². The number of aryl methyl sites for hydroxylation is 1. The van der Waals surface area contributed by atoms with Crippen molar-refractivity contribution in [3.63, 3.8) is 0 Å². The Bertz CT molecular complexity index is 473. The quantitative estimate of drug-likeness (QED) is 0.852. The van der Waals surface area contributed by atoms with Crippen LogP contribution in [-0.4, -0.2) is 23.7 Å². The maximum Gasteiger partial charge on any atom is 0.152 e. The Balaban J connectivity index is 1.72. The highest BCUT2D eigenvalue weighted by Crippen LogP contribution is 2.58. The molecule has 1 heterocycles. The summed E-state index contributed by atoms with van der Waals surface area (Å²) in [5.74, 6) is 0. The van der Waals surface area contributed by atoms with E-state index in [1.165, 1.54) is 19.3 Å². The third-order valence-electron chi connectivity index (χ3n) is 4.74. The first-order valence-electron chi connectivity index (χ1n) is 7.16. The Kier molecular flexibility index (Phi) is 3.44. The summed E-state index contributed by atoms with van der Waals surface area (Å²) in [6.07, 6.45) is 7.18. The molecule has 2 fully saturated rings. The first-order chi connectivity index (χ1) is 9.15. The largest absolute Gasteiger partial charge is 0.379 e. The predicted octanol–water partition coefficient (Wildman–Crippen LogP) is 3.80. The SMILES string of the molecule is CCOC1CC(Nc2cc(C)cnc2Cl)C12CCC2. The lowest BCUT2D eigenvalue weighted by molar-refractivity contribution is -0.157. The zero-order valence-electron chi connectivity index (χ0n) is 11.6. The lowest BCUT2D eigenvalue weighted by Crippen LogP contribution is -2.64. The number of nitrogens with zero attached hydrogens (tertiary/aromatic N) is 1. The monoisotopic (exact) mass is 280 g/mol. The molecule has 19 heavy (non-hydrogen) atoms. The summed E-state index contributed by atoms with van der Waals surface area (Å²) >= 11 is 6.17. The Morgan fingerprint density at radius 1 is 1.53 bits per heavy atom. The van der Waals surface area contributed by atoms with Gasteiger partial charge in [0.1, 0.15) is 0 Å². The first-order valence-corrected chi connectivity index (χ1v) is 7.54. The maximum atomic E-state index is 6.17. The second-order valence-corrected chi connectivity index (χ2v) is 6.17. The number of rotatable bonds is 4. The molecule has 2 aliphatic carbocycles. The van der Waals surface area contributed by atoms with Crippen molar-refractivity contribution in [3.05, 3.63) is 23.0 Å². The van der Waals surface area contributed by atoms with Crippen LogP contribution in [0.3, 0.4) is 0 Å². The molecule has 3 nitrogen and oxygen atoms in total. The van der Waals surface area contributed by atoms with Crippen molar-refractivity contribution in [1.82, 2.24) is 4.98 Å². The number of pyridine rings is 1. The Hall–Kier alpha value is -0.800. The first kappa shape index (κ1) is 13.2. The Morgan fingerprint density at radius 3 is 2.95 bits per heavy atom. The molecule has 1 aromatic heterocycles. The highest BCUT2D eigenvalue weighted by Gasteiger charge is 2.58. The average Bonchev–Trinajstić information content (AvgIpc) is 2.30. The zero-order valence-corrected chi connectivity index (χ0v) is 12.3. The van der Waals surface area contributed by atoms with Gasteiger partial charge >= 0.3 is 0 Å². The fourth-order valence-electron chi connectivity index (χ4n) is 3.48. The van der Waals surface area contributed by atoms with Crippen LogP contribution in [0.15, 0.2) is 12.3 Å². The van der Waals surface area contributed by atoms with E-state index in [1.54, 1.807) is 6.20 Å². The molecule has 2 unspecified atom stereocenters. The van der Waals surface area contributed by atoms with Gasteiger partial charge in [0.2, 0.25) is 0 Å². The minimum atomic E-state index is 0.350. The van der Waals surface area contributed by atoms with Crippen molar-refractivity contribution < 1.29 is 4.74 Å². The van der Waals surface area contributed by atoms with Crippen LogP contribution in [0.25, 0.3) is 0 Å². The lowest BCUT2D eigenvalue weighted by atomic mass is 9.51. The summed E-state index contributed by atoms with van der Waals surface area (Å²) < 4.78 is 5.87. The molecule has 0 aliphatic heterocycles. The molecular weight excluding hydrogens is 260 g/mol. The maximum absolute atomic E-state index is 6.17. The molecule has 1 spiro atoms. The zero-order chi connectivity index (χ0) is 13.5. The van der Waals surface area contributed by atoms with Gasteiger partial charge in [0.05, 0.1) is 11.8 Å². The summed E-state index contributed by atoms with van der Waals surface area (Å²) in [7, 11) is 0. The van der Waals surface area contributed by atoms with E-state index in [2.05, 4.69) is 23.3 Å². The molecule has 0 aromatic carbocycles. The molecule has 104 valence electrons. The molecule has 0 radical (unpaired) electrons. The lowest BCUT2D eigenvalue weighted by Gasteiger charge is -2.61. The second kappa shape index (κ2) is 4.95. The summed E-state index contributed by atoms with van der Waals surface area (Å²) in [5.41, 5.74) is 2.45. The molecule has 2 saturated carbocycles. The molecule has 2 aliphatic rings. The number of halogens is 1. The van der Waals surface area contributed by atoms with Crippen molar-refractivity contribution in [2.24, 2.45) is 5.41 Å². The van der Waals surface area contributed by atoms with E-state index < -0.39 is 0 Å². The number of anilines is 1. The Morgan fingerprint density at radius 2 is 2.32 bits per heavy atom. The third kappa shape index (κ3) is 2.13. The molecule has 3 rings (SSSR count). The number of hydrogen-bond acceptors (Lipinski definition) is 3. The van der Waals surface area contributed by atoms with Gasteiger partial charge < -0.3 is 10.1 Å².